The van der Waals surface area contributed by atoms with Gasteiger partial charge >= 0.3 is 0 Å². The molecular formula is C9H13F2N3O4S2. The fraction of sp³-hybridized carbons (Fsp3) is 0.333. The molecule has 114 valence electrons. The predicted octanol–water partition coefficient (Wildman–Crippen LogP) is -0.496. The van der Waals surface area contributed by atoms with Crippen molar-refractivity contribution in [3.63, 3.8) is 0 Å². The molecule has 0 amide bonds. The lowest BCUT2D eigenvalue weighted by atomic mass is 10.3. The van der Waals surface area contributed by atoms with E-state index in [0.29, 0.717) is 0 Å². The molecule has 0 aliphatic heterocycles. The zero-order valence-electron chi connectivity index (χ0n) is 10.1. The molecule has 0 aliphatic carbocycles. The van der Waals surface area contributed by atoms with Gasteiger partial charge in [0.2, 0.25) is 20.0 Å². The van der Waals surface area contributed by atoms with Crippen molar-refractivity contribution in [1.82, 2.24) is 4.72 Å². The fourth-order valence-corrected chi connectivity index (χ4v) is 3.02. The molecule has 0 bridgehead atoms. The number of halogens is 2. The molecular weight excluding hydrogens is 316 g/mol. The van der Waals surface area contributed by atoms with Gasteiger partial charge in [-0.3, -0.25) is 0 Å². The summed E-state index contributed by atoms with van der Waals surface area (Å²) in [7, 11) is -7.96. The van der Waals surface area contributed by atoms with Crippen LogP contribution in [0, 0.1) is 11.6 Å². The molecule has 20 heavy (non-hydrogen) atoms. The van der Waals surface area contributed by atoms with E-state index < -0.39 is 48.0 Å². The van der Waals surface area contributed by atoms with Crippen molar-refractivity contribution in [2.24, 2.45) is 5.14 Å². The number of hydrogen-bond donors (Lipinski definition) is 3. The summed E-state index contributed by atoms with van der Waals surface area (Å²) in [4.78, 5) is -0.813. The van der Waals surface area contributed by atoms with Gasteiger partial charge in [-0.2, -0.15) is 0 Å². The Labute approximate surface area is 115 Å². The van der Waals surface area contributed by atoms with Crippen molar-refractivity contribution in [3.05, 3.63) is 23.8 Å². The molecule has 0 atom stereocenters. The Kier molecular flexibility index (Phi) is 5.02. The van der Waals surface area contributed by atoms with E-state index >= 15 is 0 Å². The molecule has 0 fully saturated rings. The highest BCUT2D eigenvalue weighted by atomic mass is 32.2. The van der Waals surface area contributed by atoms with Gasteiger partial charge in [0.25, 0.3) is 0 Å². The van der Waals surface area contributed by atoms with E-state index in [1.807, 2.05) is 4.72 Å². The second kappa shape index (κ2) is 5.99. The summed E-state index contributed by atoms with van der Waals surface area (Å²) >= 11 is 0. The van der Waals surface area contributed by atoms with Crippen molar-refractivity contribution in [2.45, 2.75) is 11.3 Å². The second-order valence-electron chi connectivity index (χ2n) is 3.89. The Morgan fingerprint density at radius 3 is 2.30 bits per heavy atom. The molecule has 1 aromatic rings. The van der Waals surface area contributed by atoms with Crippen molar-refractivity contribution >= 4 is 25.7 Å². The maximum Gasteiger partial charge on any atom is 0.243 e. The topological polar surface area (TPSA) is 132 Å². The minimum absolute atomic E-state index is 0.0869. The van der Waals surface area contributed by atoms with Crippen LogP contribution in [-0.4, -0.2) is 29.1 Å². The average molecular weight is 329 g/mol. The van der Waals surface area contributed by atoms with Gasteiger partial charge in [-0.15, -0.1) is 0 Å². The molecule has 0 aliphatic rings. The van der Waals surface area contributed by atoms with Crippen molar-refractivity contribution < 1.29 is 25.6 Å². The summed E-state index contributed by atoms with van der Waals surface area (Å²) in [5.74, 6) is -2.90. The Balaban J connectivity index is 2.83. The van der Waals surface area contributed by atoms with E-state index in [9.17, 15) is 25.6 Å². The average Bonchev–Trinajstić information content (AvgIpc) is 2.30. The molecule has 0 radical (unpaired) electrons. The number of sulfonamides is 2. The number of rotatable bonds is 6. The number of benzene rings is 1. The minimum Gasteiger partial charge on any atom is -0.394 e. The third-order valence-corrected chi connectivity index (χ3v) is 4.61. The minimum atomic E-state index is -4.26. The van der Waals surface area contributed by atoms with Crippen molar-refractivity contribution in [3.8, 4) is 0 Å². The monoisotopic (exact) mass is 329 g/mol. The first-order valence-electron chi connectivity index (χ1n) is 5.28. The molecule has 1 rings (SSSR count). The number of nitrogen functional groups attached to an aromatic ring is 1. The van der Waals surface area contributed by atoms with Crippen LogP contribution in [0.25, 0.3) is 0 Å². The van der Waals surface area contributed by atoms with E-state index in [1.54, 1.807) is 0 Å². The first-order valence-corrected chi connectivity index (χ1v) is 8.48. The number of nitrogens with one attached hydrogen (secondary N) is 1. The number of anilines is 1. The maximum atomic E-state index is 13.6. The summed E-state index contributed by atoms with van der Waals surface area (Å²) in [6.07, 6.45) is -0.0869. The molecule has 1 aromatic carbocycles. The van der Waals surface area contributed by atoms with Gasteiger partial charge in [-0.1, -0.05) is 0 Å². The molecule has 11 heteroatoms. The third kappa shape index (κ3) is 4.37. The van der Waals surface area contributed by atoms with Crippen LogP contribution < -0.4 is 15.6 Å². The lowest BCUT2D eigenvalue weighted by Crippen LogP contribution is -2.28. The van der Waals surface area contributed by atoms with Crippen LogP contribution in [0.1, 0.15) is 6.42 Å². The molecule has 0 spiro atoms. The van der Waals surface area contributed by atoms with Crippen LogP contribution in [-0.2, 0) is 20.0 Å². The lowest BCUT2D eigenvalue weighted by Gasteiger charge is -2.09. The van der Waals surface area contributed by atoms with Gasteiger partial charge in [0.05, 0.1) is 5.75 Å². The van der Waals surface area contributed by atoms with E-state index in [4.69, 9.17) is 10.9 Å². The predicted molar refractivity (Wildman–Crippen MR) is 68.6 cm³/mol. The van der Waals surface area contributed by atoms with E-state index in [2.05, 4.69) is 0 Å². The third-order valence-electron chi connectivity index (χ3n) is 2.28. The first kappa shape index (κ1) is 16.8. The Morgan fingerprint density at radius 2 is 1.75 bits per heavy atom. The Morgan fingerprint density at radius 1 is 1.15 bits per heavy atom. The lowest BCUT2D eigenvalue weighted by molar-refractivity contribution is 0.547. The van der Waals surface area contributed by atoms with Crippen LogP contribution in [0.3, 0.4) is 0 Å². The molecule has 0 saturated heterocycles. The molecule has 0 saturated carbocycles. The summed E-state index contributed by atoms with van der Waals surface area (Å²) in [6.45, 7) is -0.268. The molecule has 0 heterocycles. The van der Waals surface area contributed by atoms with Crippen molar-refractivity contribution in [2.75, 3.05) is 18.0 Å². The standard InChI is InChI=1S/C9H13F2N3O4S2/c10-6-2-3-7(8(11)9(6)12)20(17,18)14-4-1-5-19(13,15)16/h2-3,14H,1,4-5,12H2,(H2,13,15,16). The van der Waals surface area contributed by atoms with Crippen LogP contribution in [0.4, 0.5) is 14.5 Å². The fourth-order valence-electron chi connectivity index (χ4n) is 1.31. The first-order chi connectivity index (χ1) is 9.04. The number of nitrogens with two attached hydrogens (primary N) is 2. The van der Waals surface area contributed by atoms with Crippen LogP contribution in [0.15, 0.2) is 17.0 Å². The maximum absolute atomic E-state index is 13.6. The largest absolute Gasteiger partial charge is 0.394 e. The SMILES string of the molecule is Nc1c(F)ccc(S(=O)(=O)NCCCS(N)(=O)=O)c1F. The summed E-state index contributed by atoms with van der Waals surface area (Å²) < 4.78 is 73.2. The zero-order valence-corrected chi connectivity index (χ0v) is 11.8. The highest BCUT2D eigenvalue weighted by Crippen LogP contribution is 2.22. The van der Waals surface area contributed by atoms with E-state index in [1.165, 1.54) is 0 Å². The number of hydrogen-bond acceptors (Lipinski definition) is 5. The number of primary sulfonamides is 1. The highest BCUT2D eigenvalue weighted by Gasteiger charge is 2.22. The van der Waals surface area contributed by atoms with Gasteiger partial charge in [0.1, 0.15) is 16.4 Å². The van der Waals surface area contributed by atoms with Crippen LogP contribution in [0.5, 0.6) is 0 Å². The summed E-state index contributed by atoms with van der Waals surface area (Å²) in [5, 5.41) is 4.73. The van der Waals surface area contributed by atoms with Gasteiger partial charge in [-0.25, -0.2) is 35.5 Å². The van der Waals surface area contributed by atoms with Crippen LogP contribution >= 0.6 is 0 Å². The quantitative estimate of drug-likeness (QED) is 0.478. The Hall–Kier alpha value is -1.30. The normalized spacial score (nSPS) is 12.6. The van der Waals surface area contributed by atoms with Gasteiger partial charge in [-0.05, 0) is 18.6 Å². The van der Waals surface area contributed by atoms with Gasteiger partial charge in [0.15, 0.2) is 5.82 Å². The van der Waals surface area contributed by atoms with Gasteiger partial charge in [0, 0.05) is 6.54 Å². The van der Waals surface area contributed by atoms with E-state index in [0.717, 1.165) is 12.1 Å². The Bertz CT molecular complexity index is 704. The summed E-state index contributed by atoms with van der Waals surface area (Å²) in [6, 6.07) is 1.44. The summed E-state index contributed by atoms with van der Waals surface area (Å²) in [5.41, 5.74) is 4.15. The van der Waals surface area contributed by atoms with Gasteiger partial charge < -0.3 is 5.73 Å². The molecule has 7 nitrogen and oxygen atoms in total. The van der Waals surface area contributed by atoms with E-state index in [-0.39, 0.29) is 13.0 Å². The molecule has 0 aromatic heterocycles. The van der Waals surface area contributed by atoms with Crippen LogP contribution in [0.2, 0.25) is 0 Å². The molecule has 5 N–H and O–H groups in total. The van der Waals surface area contributed by atoms with Crippen molar-refractivity contribution in [1.29, 1.82) is 0 Å². The molecule has 0 unspecified atom stereocenters. The zero-order chi connectivity index (χ0) is 15.6. The second-order valence-corrected chi connectivity index (χ2v) is 7.36. The smallest absolute Gasteiger partial charge is 0.243 e. The highest BCUT2D eigenvalue weighted by molar-refractivity contribution is 7.89.